The number of morpholine rings is 1. The number of hydrogen-bond donors (Lipinski definition) is 1. The highest BCUT2D eigenvalue weighted by atomic mass is 16.5. The molecule has 0 radical (unpaired) electrons. The fraction of sp³-hybridized carbons (Fsp3) is 1.00. The van der Waals surface area contributed by atoms with Gasteiger partial charge in [-0.25, -0.2) is 0 Å². The minimum atomic E-state index is -0.0841. The van der Waals surface area contributed by atoms with Crippen LogP contribution in [0.3, 0.4) is 0 Å². The zero-order chi connectivity index (χ0) is 12.0. The Morgan fingerprint density at radius 3 is 2.56 bits per heavy atom. The van der Waals surface area contributed by atoms with Crippen molar-refractivity contribution in [1.29, 1.82) is 0 Å². The molecule has 0 amide bonds. The number of nitrogens with zero attached hydrogens (tertiary/aromatic N) is 1. The van der Waals surface area contributed by atoms with Crippen LogP contribution in [0.4, 0.5) is 0 Å². The highest BCUT2D eigenvalue weighted by Crippen LogP contribution is 2.06. The minimum absolute atomic E-state index is 0.0841. The Morgan fingerprint density at radius 1 is 1.38 bits per heavy atom. The van der Waals surface area contributed by atoms with E-state index in [0.29, 0.717) is 6.04 Å². The molecule has 96 valence electrons. The molecule has 1 fully saturated rings. The predicted molar refractivity (Wildman–Crippen MR) is 65.8 cm³/mol. The highest BCUT2D eigenvalue weighted by Gasteiger charge is 2.18. The molecule has 1 aliphatic heterocycles. The van der Waals surface area contributed by atoms with E-state index in [4.69, 9.17) is 9.47 Å². The molecule has 1 heterocycles. The van der Waals surface area contributed by atoms with Crippen molar-refractivity contribution in [3.63, 3.8) is 0 Å². The lowest BCUT2D eigenvalue weighted by atomic mass is 10.1. The molecular formula is C12H26N2O2. The van der Waals surface area contributed by atoms with E-state index >= 15 is 0 Å². The van der Waals surface area contributed by atoms with Crippen LogP contribution >= 0.6 is 0 Å². The molecule has 4 heteroatoms. The lowest BCUT2D eigenvalue weighted by Crippen LogP contribution is -2.47. The number of methoxy groups -OCH3 is 1. The van der Waals surface area contributed by atoms with E-state index in [1.54, 1.807) is 7.11 Å². The monoisotopic (exact) mass is 230 g/mol. The summed E-state index contributed by atoms with van der Waals surface area (Å²) >= 11 is 0. The van der Waals surface area contributed by atoms with Gasteiger partial charge in [-0.15, -0.1) is 0 Å². The van der Waals surface area contributed by atoms with Gasteiger partial charge in [0.05, 0.1) is 18.8 Å². The van der Waals surface area contributed by atoms with Crippen molar-refractivity contribution in [2.45, 2.75) is 32.4 Å². The SMILES string of the molecule is COC(C)(C)CNC(C)CN1CCOCC1. The molecule has 0 aromatic heterocycles. The maximum Gasteiger partial charge on any atom is 0.0746 e. The van der Waals surface area contributed by atoms with E-state index in [9.17, 15) is 0 Å². The van der Waals surface area contributed by atoms with Gasteiger partial charge in [0, 0.05) is 39.3 Å². The largest absolute Gasteiger partial charge is 0.379 e. The average Bonchev–Trinajstić information content (AvgIpc) is 2.28. The van der Waals surface area contributed by atoms with Gasteiger partial charge in [-0.3, -0.25) is 4.90 Å². The van der Waals surface area contributed by atoms with E-state index < -0.39 is 0 Å². The van der Waals surface area contributed by atoms with E-state index in [-0.39, 0.29) is 5.60 Å². The molecule has 0 bridgehead atoms. The fourth-order valence-electron chi connectivity index (χ4n) is 1.73. The van der Waals surface area contributed by atoms with Crippen LogP contribution in [0.2, 0.25) is 0 Å². The van der Waals surface area contributed by atoms with Gasteiger partial charge in [0.25, 0.3) is 0 Å². The Balaban J connectivity index is 2.17. The molecule has 4 nitrogen and oxygen atoms in total. The zero-order valence-electron chi connectivity index (χ0n) is 11.1. The van der Waals surface area contributed by atoms with Crippen LogP contribution in [-0.4, -0.2) is 63.0 Å². The first-order valence-electron chi connectivity index (χ1n) is 6.12. The van der Waals surface area contributed by atoms with Crippen LogP contribution in [-0.2, 0) is 9.47 Å². The molecule has 1 saturated heterocycles. The van der Waals surface area contributed by atoms with Gasteiger partial charge in [0.1, 0.15) is 0 Å². The summed E-state index contributed by atoms with van der Waals surface area (Å²) in [6, 6.07) is 0.493. The number of nitrogens with one attached hydrogen (secondary N) is 1. The standard InChI is InChI=1S/C12H26N2O2/c1-11(13-10-12(2,3)15-4)9-14-5-7-16-8-6-14/h11,13H,5-10H2,1-4H3. The number of ether oxygens (including phenoxy) is 2. The second kappa shape index (κ2) is 6.55. The zero-order valence-corrected chi connectivity index (χ0v) is 11.1. The van der Waals surface area contributed by atoms with Crippen molar-refractivity contribution in [2.75, 3.05) is 46.5 Å². The topological polar surface area (TPSA) is 33.7 Å². The van der Waals surface area contributed by atoms with Gasteiger partial charge in [-0.2, -0.15) is 0 Å². The van der Waals surface area contributed by atoms with Crippen molar-refractivity contribution < 1.29 is 9.47 Å². The summed E-state index contributed by atoms with van der Waals surface area (Å²) in [4.78, 5) is 2.45. The smallest absolute Gasteiger partial charge is 0.0746 e. The van der Waals surface area contributed by atoms with Gasteiger partial charge in [-0.1, -0.05) is 0 Å². The van der Waals surface area contributed by atoms with Gasteiger partial charge < -0.3 is 14.8 Å². The van der Waals surface area contributed by atoms with E-state index in [0.717, 1.165) is 39.4 Å². The van der Waals surface area contributed by atoms with Crippen molar-refractivity contribution in [2.24, 2.45) is 0 Å². The quantitative estimate of drug-likeness (QED) is 0.729. The Morgan fingerprint density at radius 2 is 2.00 bits per heavy atom. The average molecular weight is 230 g/mol. The maximum absolute atomic E-state index is 5.38. The van der Waals surface area contributed by atoms with Gasteiger partial charge in [-0.05, 0) is 20.8 Å². The minimum Gasteiger partial charge on any atom is -0.379 e. The van der Waals surface area contributed by atoms with Crippen molar-refractivity contribution >= 4 is 0 Å². The Bertz CT molecular complexity index is 191. The molecule has 1 aliphatic rings. The van der Waals surface area contributed by atoms with Gasteiger partial charge in [0.2, 0.25) is 0 Å². The van der Waals surface area contributed by atoms with Crippen LogP contribution in [0.25, 0.3) is 0 Å². The van der Waals surface area contributed by atoms with Crippen LogP contribution in [0, 0.1) is 0 Å². The lowest BCUT2D eigenvalue weighted by molar-refractivity contribution is 0.0152. The molecule has 1 atom stereocenters. The summed E-state index contributed by atoms with van der Waals surface area (Å²) in [6.07, 6.45) is 0. The molecule has 0 aromatic rings. The Hall–Kier alpha value is -0.160. The number of rotatable bonds is 6. The molecule has 0 saturated carbocycles. The fourth-order valence-corrected chi connectivity index (χ4v) is 1.73. The molecule has 1 unspecified atom stereocenters. The van der Waals surface area contributed by atoms with Crippen LogP contribution < -0.4 is 5.32 Å². The lowest BCUT2D eigenvalue weighted by Gasteiger charge is -2.31. The first-order chi connectivity index (χ1) is 7.53. The Labute approximate surface area is 99.3 Å². The van der Waals surface area contributed by atoms with Crippen molar-refractivity contribution in [3.05, 3.63) is 0 Å². The second-order valence-corrected chi connectivity index (χ2v) is 5.16. The highest BCUT2D eigenvalue weighted by molar-refractivity contribution is 4.76. The van der Waals surface area contributed by atoms with Crippen LogP contribution in [0.15, 0.2) is 0 Å². The Kier molecular flexibility index (Phi) is 5.69. The maximum atomic E-state index is 5.38. The second-order valence-electron chi connectivity index (χ2n) is 5.16. The van der Waals surface area contributed by atoms with Gasteiger partial charge >= 0.3 is 0 Å². The summed E-state index contributed by atoms with van der Waals surface area (Å²) in [6.45, 7) is 12.2. The van der Waals surface area contributed by atoms with E-state index in [1.807, 2.05) is 0 Å². The van der Waals surface area contributed by atoms with Gasteiger partial charge in [0.15, 0.2) is 0 Å². The number of hydrogen-bond acceptors (Lipinski definition) is 4. The molecule has 16 heavy (non-hydrogen) atoms. The van der Waals surface area contributed by atoms with E-state index in [1.165, 1.54) is 0 Å². The van der Waals surface area contributed by atoms with Crippen LogP contribution in [0.1, 0.15) is 20.8 Å². The normalized spacial score (nSPS) is 21.0. The molecule has 0 spiro atoms. The third-order valence-corrected chi connectivity index (χ3v) is 3.06. The predicted octanol–water partition coefficient (Wildman–Crippen LogP) is 0.722. The first kappa shape index (κ1) is 13.9. The summed E-state index contributed by atoms with van der Waals surface area (Å²) in [5, 5.41) is 3.51. The first-order valence-corrected chi connectivity index (χ1v) is 6.12. The molecule has 0 aliphatic carbocycles. The molecule has 0 aromatic carbocycles. The summed E-state index contributed by atoms with van der Waals surface area (Å²) < 4.78 is 10.7. The third-order valence-electron chi connectivity index (χ3n) is 3.06. The van der Waals surface area contributed by atoms with Crippen molar-refractivity contribution in [1.82, 2.24) is 10.2 Å². The third kappa shape index (κ3) is 5.25. The molecule has 1 rings (SSSR count). The van der Waals surface area contributed by atoms with Crippen LogP contribution in [0.5, 0.6) is 0 Å². The van der Waals surface area contributed by atoms with Crippen molar-refractivity contribution in [3.8, 4) is 0 Å². The summed E-state index contributed by atoms with van der Waals surface area (Å²) in [5.41, 5.74) is -0.0841. The molecular weight excluding hydrogens is 204 g/mol. The molecule has 1 N–H and O–H groups in total. The van der Waals surface area contributed by atoms with E-state index in [2.05, 4.69) is 31.0 Å². The summed E-state index contributed by atoms with van der Waals surface area (Å²) in [7, 11) is 1.76. The summed E-state index contributed by atoms with van der Waals surface area (Å²) in [5.74, 6) is 0.